The second-order valence-corrected chi connectivity index (χ2v) is 8.64. The molecule has 0 radical (unpaired) electrons. The van der Waals surface area contributed by atoms with Crippen LogP contribution in [-0.4, -0.2) is 62.8 Å². The maximum Gasteiger partial charge on any atom is 0.251 e. The summed E-state index contributed by atoms with van der Waals surface area (Å²) >= 11 is 0. The average Bonchev–Trinajstić information content (AvgIpc) is 3.18. The molecular weight excluding hydrogens is 451 g/mol. The molecule has 0 unspecified atom stereocenters. The monoisotopic (exact) mass is 480 g/mol. The Bertz CT molecular complexity index is 1090. The highest BCUT2D eigenvalue weighted by Gasteiger charge is 2.36. The van der Waals surface area contributed by atoms with Gasteiger partial charge in [0.15, 0.2) is 0 Å². The van der Waals surface area contributed by atoms with Crippen LogP contribution in [0.1, 0.15) is 29.3 Å². The third-order valence-corrected chi connectivity index (χ3v) is 6.40. The molecule has 1 atom stereocenters. The predicted octanol–water partition coefficient (Wildman–Crippen LogP) is 5.04. The van der Waals surface area contributed by atoms with Gasteiger partial charge in [-0.15, -0.1) is 0 Å². The minimum absolute atomic E-state index is 0.230. The summed E-state index contributed by atoms with van der Waals surface area (Å²) in [6.07, 6.45) is -1.70. The minimum atomic E-state index is -2.63. The van der Waals surface area contributed by atoms with E-state index < -0.39 is 37.3 Å². The van der Waals surface area contributed by atoms with Gasteiger partial charge in [0, 0.05) is 54.5 Å². The van der Waals surface area contributed by atoms with Crippen LogP contribution in [0.5, 0.6) is 0 Å². The van der Waals surface area contributed by atoms with Crippen molar-refractivity contribution < 1.29 is 22.0 Å². The van der Waals surface area contributed by atoms with E-state index in [0.29, 0.717) is 43.9 Å². The summed E-state index contributed by atoms with van der Waals surface area (Å²) in [5.74, 6) is -1.55. The highest BCUT2D eigenvalue weighted by atomic mass is 19.3. The van der Waals surface area contributed by atoms with Gasteiger partial charge in [0.25, 0.3) is 6.43 Å². The molecule has 0 saturated heterocycles. The molecule has 3 aromatic rings. The summed E-state index contributed by atoms with van der Waals surface area (Å²) in [6, 6.07) is 9.05. The second-order valence-electron chi connectivity index (χ2n) is 8.64. The number of rotatable bonds is 10. The van der Waals surface area contributed by atoms with E-state index >= 15 is 8.78 Å². The van der Waals surface area contributed by atoms with Crippen molar-refractivity contribution in [2.75, 3.05) is 51.3 Å². The molecule has 0 spiro atoms. The Labute approximate surface area is 195 Å². The zero-order chi connectivity index (χ0) is 24.2. The van der Waals surface area contributed by atoms with Gasteiger partial charge in [0.2, 0.25) is 0 Å². The van der Waals surface area contributed by atoms with Gasteiger partial charge in [0.1, 0.15) is 11.6 Å². The van der Waals surface area contributed by atoms with Crippen LogP contribution in [0, 0.1) is 11.6 Å². The number of hydrogen-bond acceptors (Lipinski definition) is 3. The summed E-state index contributed by atoms with van der Waals surface area (Å²) in [4.78, 5) is 6.38. The standard InChI is InChI=1S/C25H29F5N4/c1-33(12-10-31-9-4-8-26)16-13-19(27)23(20(28)14-16)25-24-18(7-11-34(25)15-22(29)30)17-5-2-3-6-21(17)32-24/h2-3,5-6,13-14,22,25,31-32H,4,7-12,15H2,1H3/t25-/m1/s1. The van der Waals surface area contributed by atoms with Crippen LogP contribution in [0.4, 0.5) is 27.6 Å². The molecule has 0 saturated carbocycles. The number of anilines is 1. The lowest BCUT2D eigenvalue weighted by Gasteiger charge is -2.36. The van der Waals surface area contributed by atoms with Crippen molar-refractivity contribution in [3.05, 3.63) is 64.9 Å². The van der Waals surface area contributed by atoms with Crippen LogP contribution in [-0.2, 0) is 6.42 Å². The maximum atomic E-state index is 15.5. The molecular formula is C25H29F5N4. The SMILES string of the molecule is CN(CCNCCCF)c1cc(F)c([C@@H]2c3[nH]c4ccccc4c3CCN2CC(F)F)c(F)c1. The number of halogens is 5. The van der Waals surface area contributed by atoms with E-state index in [1.165, 1.54) is 17.0 Å². The highest BCUT2D eigenvalue weighted by molar-refractivity contribution is 5.85. The molecule has 2 heterocycles. The molecule has 1 aliphatic rings. The molecule has 184 valence electrons. The van der Waals surface area contributed by atoms with Crippen molar-refractivity contribution in [2.24, 2.45) is 0 Å². The van der Waals surface area contributed by atoms with Crippen molar-refractivity contribution in [1.29, 1.82) is 0 Å². The Morgan fingerprint density at radius 1 is 1.15 bits per heavy atom. The van der Waals surface area contributed by atoms with E-state index in [0.717, 1.165) is 16.5 Å². The summed E-state index contributed by atoms with van der Waals surface area (Å²) in [7, 11) is 1.71. The first kappa shape index (κ1) is 24.5. The normalized spacial score (nSPS) is 16.4. The zero-order valence-electron chi connectivity index (χ0n) is 19.1. The van der Waals surface area contributed by atoms with Crippen molar-refractivity contribution in [2.45, 2.75) is 25.3 Å². The molecule has 2 N–H and O–H groups in total. The lowest BCUT2D eigenvalue weighted by Crippen LogP contribution is -2.40. The smallest absolute Gasteiger partial charge is 0.251 e. The molecule has 4 nitrogen and oxygen atoms in total. The summed E-state index contributed by atoms with van der Waals surface area (Å²) in [6.45, 7) is 0.824. The van der Waals surface area contributed by atoms with Crippen LogP contribution in [0.15, 0.2) is 36.4 Å². The number of aromatic nitrogens is 1. The lowest BCUT2D eigenvalue weighted by molar-refractivity contribution is 0.0680. The third-order valence-electron chi connectivity index (χ3n) is 6.40. The van der Waals surface area contributed by atoms with Crippen molar-refractivity contribution in [3.63, 3.8) is 0 Å². The molecule has 34 heavy (non-hydrogen) atoms. The number of hydrogen-bond donors (Lipinski definition) is 2. The molecule has 1 aliphatic heterocycles. The molecule has 9 heteroatoms. The molecule has 0 aliphatic carbocycles. The Kier molecular flexibility index (Phi) is 7.73. The van der Waals surface area contributed by atoms with E-state index in [-0.39, 0.29) is 12.1 Å². The van der Waals surface area contributed by atoms with Gasteiger partial charge in [-0.1, -0.05) is 18.2 Å². The Balaban J connectivity index is 1.67. The number of benzene rings is 2. The van der Waals surface area contributed by atoms with Crippen LogP contribution in [0.2, 0.25) is 0 Å². The van der Waals surface area contributed by atoms with Gasteiger partial charge in [-0.3, -0.25) is 9.29 Å². The quantitative estimate of drug-likeness (QED) is 0.315. The van der Waals surface area contributed by atoms with E-state index in [9.17, 15) is 13.2 Å². The average molecular weight is 481 g/mol. The number of aromatic amines is 1. The zero-order valence-corrected chi connectivity index (χ0v) is 19.1. The minimum Gasteiger partial charge on any atom is -0.373 e. The largest absolute Gasteiger partial charge is 0.373 e. The number of alkyl halides is 3. The van der Waals surface area contributed by atoms with Crippen molar-refractivity contribution in [3.8, 4) is 0 Å². The van der Waals surface area contributed by atoms with E-state index in [1.807, 2.05) is 24.3 Å². The number of para-hydroxylation sites is 1. The fourth-order valence-electron chi connectivity index (χ4n) is 4.74. The Morgan fingerprint density at radius 3 is 2.59 bits per heavy atom. The first-order valence-electron chi connectivity index (χ1n) is 11.5. The van der Waals surface area contributed by atoms with Gasteiger partial charge in [-0.05, 0) is 43.1 Å². The first-order valence-corrected chi connectivity index (χ1v) is 11.5. The van der Waals surface area contributed by atoms with Crippen LogP contribution < -0.4 is 10.2 Å². The van der Waals surface area contributed by atoms with Gasteiger partial charge in [0.05, 0.1) is 19.3 Å². The summed E-state index contributed by atoms with van der Waals surface area (Å²) in [5.41, 5.74) is 2.40. The summed E-state index contributed by atoms with van der Waals surface area (Å²) in [5, 5.41) is 4.02. The van der Waals surface area contributed by atoms with Crippen molar-refractivity contribution in [1.82, 2.24) is 15.2 Å². The number of nitrogens with one attached hydrogen (secondary N) is 2. The fourth-order valence-corrected chi connectivity index (χ4v) is 4.74. The van der Waals surface area contributed by atoms with Crippen molar-refractivity contribution >= 4 is 16.6 Å². The number of H-pyrrole nitrogens is 1. The topological polar surface area (TPSA) is 34.3 Å². The number of nitrogens with zero attached hydrogens (tertiary/aromatic N) is 2. The first-order chi connectivity index (χ1) is 16.4. The molecule has 0 fully saturated rings. The molecule has 2 aromatic carbocycles. The molecule has 0 amide bonds. The van der Waals surface area contributed by atoms with Crippen LogP contribution in [0.3, 0.4) is 0 Å². The maximum absolute atomic E-state index is 15.5. The predicted molar refractivity (Wildman–Crippen MR) is 125 cm³/mol. The van der Waals surface area contributed by atoms with Crippen LogP contribution in [0.25, 0.3) is 10.9 Å². The van der Waals surface area contributed by atoms with E-state index in [4.69, 9.17) is 0 Å². The Morgan fingerprint density at radius 2 is 1.88 bits per heavy atom. The highest BCUT2D eigenvalue weighted by Crippen LogP contribution is 2.41. The van der Waals surface area contributed by atoms with Gasteiger partial charge in [-0.25, -0.2) is 17.6 Å². The summed E-state index contributed by atoms with van der Waals surface area (Å²) < 4.78 is 69.9. The fraction of sp³-hybridized carbons (Fsp3) is 0.440. The molecule has 0 bridgehead atoms. The van der Waals surface area contributed by atoms with Gasteiger partial charge < -0.3 is 15.2 Å². The van der Waals surface area contributed by atoms with E-state index in [2.05, 4.69) is 10.3 Å². The number of likely N-dealkylation sites (N-methyl/N-ethyl adjacent to an activating group) is 1. The third kappa shape index (κ3) is 5.05. The molecule has 1 aromatic heterocycles. The van der Waals surface area contributed by atoms with Gasteiger partial charge >= 0.3 is 0 Å². The second kappa shape index (κ2) is 10.7. The lowest BCUT2D eigenvalue weighted by atomic mass is 9.91. The molecule has 4 rings (SSSR count). The number of fused-ring (bicyclic) bond motifs is 3. The van der Waals surface area contributed by atoms with Crippen LogP contribution >= 0.6 is 0 Å². The van der Waals surface area contributed by atoms with Gasteiger partial charge in [-0.2, -0.15) is 0 Å². The Hall–Kier alpha value is -2.65. The van der Waals surface area contributed by atoms with E-state index in [1.54, 1.807) is 11.9 Å².